The first-order valence-electron chi connectivity index (χ1n) is 10.0. The van der Waals surface area contributed by atoms with Gasteiger partial charge in [-0.2, -0.15) is 0 Å². The number of imidazole rings is 1. The molecule has 0 bridgehead atoms. The quantitative estimate of drug-likeness (QED) is 0.526. The van der Waals surface area contributed by atoms with Gasteiger partial charge in [-0.3, -0.25) is 4.79 Å². The average molecular weight is 440 g/mol. The summed E-state index contributed by atoms with van der Waals surface area (Å²) < 4.78 is 15.8. The first kappa shape index (κ1) is 19.8. The van der Waals surface area contributed by atoms with Crippen LogP contribution >= 0.6 is 11.3 Å². The maximum atomic E-state index is 14.3. The number of amides is 1. The third-order valence-corrected chi connectivity index (χ3v) is 6.50. The Kier molecular flexibility index (Phi) is 4.82. The molecule has 1 saturated heterocycles. The van der Waals surface area contributed by atoms with Gasteiger partial charge in [0.15, 0.2) is 16.5 Å². The number of hydrogen-bond acceptors (Lipinski definition) is 7. The van der Waals surface area contributed by atoms with Gasteiger partial charge in [-0.1, -0.05) is 11.3 Å². The van der Waals surface area contributed by atoms with Crippen molar-refractivity contribution < 1.29 is 9.18 Å². The number of nitrogens with zero attached hydrogens (tertiary/aromatic N) is 6. The van der Waals surface area contributed by atoms with E-state index in [1.165, 1.54) is 17.4 Å². The second-order valence-corrected chi connectivity index (χ2v) is 8.99. The lowest BCUT2D eigenvalue weighted by Gasteiger charge is -2.20. The molecule has 0 aromatic carbocycles. The molecule has 31 heavy (non-hydrogen) atoms. The minimum Gasteiger partial charge on any atom is -0.355 e. The second-order valence-electron chi connectivity index (χ2n) is 8.01. The molecule has 1 aliphatic rings. The van der Waals surface area contributed by atoms with Gasteiger partial charge in [-0.15, -0.1) is 0 Å². The van der Waals surface area contributed by atoms with Gasteiger partial charge in [0, 0.05) is 37.6 Å². The fourth-order valence-electron chi connectivity index (χ4n) is 3.88. The number of thiazole rings is 1. The van der Waals surface area contributed by atoms with Crippen LogP contribution < -0.4 is 10.2 Å². The van der Waals surface area contributed by atoms with Crippen LogP contribution in [0.15, 0.2) is 30.6 Å². The summed E-state index contributed by atoms with van der Waals surface area (Å²) in [6, 6.07) is 5.62. The van der Waals surface area contributed by atoms with Crippen molar-refractivity contribution in [1.82, 2.24) is 24.3 Å². The van der Waals surface area contributed by atoms with Gasteiger partial charge in [-0.25, -0.2) is 19.3 Å². The highest BCUT2D eigenvalue weighted by molar-refractivity contribution is 7.20. The SMILES string of the molecule is Cc1cn2cc(NC(=O)c3nc4ccc(N5CC[C@@H](N(C)C)C5)nc4s3)cc(F)c2n1. The Labute approximate surface area is 182 Å². The Morgan fingerprint density at radius 1 is 1.26 bits per heavy atom. The van der Waals surface area contributed by atoms with E-state index >= 15 is 0 Å². The minimum atomic E-state index is -0.497. The maximum Gasteiger partial charge on any atom is 0.284 e. The molecule has 0 radical (unpaired) electrons. The van der Waals surface area contributed by atoms with Crippen molar-refractivity contribution in [3.8, 4) is 0 Å². The molecule has 10 heteroatoms. The maximum absolute atomic E-state index is 14.3. The molecular formula is C21H22FN7OS. The van der Waals surface area contributed by atoms with Crippen molar-refractivity contribution >= 4 is 44.7 Å². The van der Waals surface area contributed by atoms with Gasteiger partial charge in [-0.05, 0) is 39.6 Å². The van der Waals surface area contributed by atoms with Crippen LogP contribution in [0.25, 0.3) is 16.0 Å². The molecule has 160 valence electrons. The van der Waals surface area contributed by atoms with Crippen molar-refractivity contribution in [3.63, 3.8) is 0 Å². The summed E-state index contributed by atoms with van der Waals surface area (Å²) in [6.07, 6.45) is 4.44. The fourth-order valence-corrected chi connectivity index (χ4v) is 4.71. The Bertz CT molecular complexity index is 1300. The van der Waals surface area contributed by atoms with Crippen LogP contribution in [-0.2, 0) is 0 Å². The number of aryl methyl sites for hydroxylation is 1. The van der Waals surface area contributed by atoms with Crippen molar-refractivity contribution in [2.24, 2.45) is 0 Å². The van der Waals surface area contributed by atoms with Gasteiger partial charge < -0.3 is 19.5 Å². The zero-order valence-electron chi connectivity index (χ0n) is 17.5. The molecule has 8 nitrogen and oxygen atoms in total. The fraction of sp³-hybridized carbons (Fsp3) is 0.333. The molecule has 1 N–H and O–H groups in total. The number of fused-ring (bicyclic) bond motifs is 2. The molecule has 0 saturated carbocycles. The van der Waals surface area contributed by atoms with Crippen LogP contribution in [0.3, 0.4) is 0 Å². The number of carbonyl (C=O) groups excluding carboxylic acids is 1. The summed E-state index contributed by atoms with van der Waals surface area (Å²) in [5, 5.41) is 3.01. The van der Waals surface area contributed by atoms with Crippen LogP contribution in [0.1, 0.15) is 21.9 Å². The van der Waals surface area contributed by atoms with Gasteiger partial charge in [0.1, 0.15) is 16.2 Å². The number of pyridine rings is 2. The summed E-state index contributed by atoms with van der Waals surface area (Å²) in [4.78, 5) is 31.2. The third-order valence-electron chi connectivity index (χ3n) is 5.54. The zero-order valence-corrected chi connectivity index (χ0v) is 18.3. The van der Waals surface area contributed by atoms with E-state index in [0.717, 1.165) is 25.3 Å². The van der Waals surface area contributed by atoms with Gasteiger partial charge in [0.25, 0.3) is 5.91 Å². The Morgan fingerprint density at radius 3 is 2.87 bits per heavy atom. The van der Waals surface area contributed by atoms with Crippen molar-refractivity contribution in [2.45, 2.75) is 19.4 Å². The predicted octanol–water partition coefficient (Wildman–Crippen LogP) is 3.18. The average Bonchev–Trinajstić information content (AvgIpc) is 3.44. The Morgan fingerprint density at radius 2 is 2.10 bits per heavy atom. The highest BCUT2D eigenvalue weighted by Crippen LogP contribution is 2.27. The van der Waals surface area contributed by atoms with Crippen LogP contribution in [0.2, 0.25) is 0 Å². The smallest absolute Gasteiger partial charge is 0.284 e. The van der Waals surface area contributed by atoms with Crippen LogP contribution in [0, 0.1) is 12.7 Å². The topological polar surface area (TPSA) is 78.7 Å². The van der Waals surface area contributed by atoms with Crippen LogP contribution in [0.4, 0.5) is 15.9 Å². The lowest BCUT2D eigenvalue weighted by atomic mass is 10.2. The number of rotatable bonds is 4. The van der Waals surface area contributed by atoms with E-state index in [2.05, 4.69) is 39.2 Å². The van der Waals surface area contributed by atoms with E-state index < -0.39 is 11.7 Å². The monoisotopic (exact) mass is 439 g/mol. The van der Waals surface area contributed by atoms with E-state index in [0.29, 0.717) is 27.8 Å². The standard InChI is InChI=1S/C21H22FN7OS/c1-12-9-29-10-13(8-15(22)18(29)23-12)24-19(30)21-25-16-4-5-17(26-20(16)31-21)28-7-6-14(11-28)27(2)3/h4-5,8-10,14H,6-7,11H2,1-3H3,(H,24,30)/t14-/m1/s1. The lowest BCUT2D eigenvalue weighted by molar-refractivity contribution is 0.102. The number of halogens is 1. The predicted molar refractivity (Wildman–Crippen MR) is 120 cm³/mol. The lowest BCUT2D eigenvalue weighted by Crippen LogP contribution is -2.31. The van der Waals surface area contributed by atoms with Gasteiger partial charge in [0.05, 0.1) is 11.4 Å². The Balaban J connectivity index is 1.37. The van der Waals surface area contributed by atoms with E-state index in [9.17, 15) is 9.18 Å². The number of carbonyl (C=O) groups is 1. The third kappa shape index (κ3) is 3.72. The van der Waals surface area contributed by atoms with Crippen LogP contribution in [0.5, 0.6) is 0 Å². The van der Waals surface area contributed by atoms with Gasteiger partial charge >= 0.3 is 0 Å². The largest absolute Gasteiger partial charge is 0.355 e. The second kappa shape index (κ2) is 7.54. The highest BCUT2D eigenvalue weighted by Gasteiger charge is 2.25. The Hall–Kier alpha value is -3.11. The van der Waals surface area contributed by atoms with E-state index in [1.807, 2.05) is 12.1 Å². The number of likely N-dealkylation sites (N-methyl/N-ethyl adjacent to an activating group) is 1. The number of aromatic nitrogens is 4. The highest BCUT2D eigenvalue weighted by atomic mass is 32.1. The normalized spacial score (nSPS) is 16.7. The summed E-state index contributed by atoms with van der Waals surface area (Å²) in [5.74, 6) is 0.00703. The molecule has 4 aromatic heterocycles. The van der Waals surface area contributed by atoms with Crippen molar-refractivity contribution in [1.29, 1.82) is 0 Å². The molecule has 0 aliphatic carbocycles. The van der Waals surface area contributed by atoms with Crippen molar-refractivity contribution in [2.75, 3.05) is 37.4 Å². The molecule has 0 spiro atoms. The molecule has 1 aliphatic heterocycles. The van der Waals surface area contributed by atoms with E-state index in [1.54, 1.807) is 23.7 Å². The summed E-state index contributed by atoms with van der Waals surface area (Å²) >= 11 is 1.23. The van der Waals surface area contributed by atoms with Gasteiger partial charge in [0.2, 0.25) is 0 Å². The zero-order chi connectivity index (χ0) is 21.7. The first-order valence-corrected chi connectivity index (χ1v) is 10.8. The molecular weight excluding hydrogens is 417 g/mol. The molecule has 5 rings (SSSR count). The minimum absolute atomic E-state index is 0.227. The van der Waals surface area contributed by atoms with Crippen LogP contribution in [-0.4, -0.2) is 63.4 Å². The number of anilines is 2. The van der Waals surface area contributed by atoms with E-state index in [4.69, 9.17) is 4.98 Å². The first-order chi connectivity index (χ1) is 14.9. The number of nitrogens with one attached hydrogen (secondary N) is 1. The molecule has 5 heterocycles. The summed E-state index contributed by atoms with van der Waals surface area (Å²) in [7, 11) is 4.19. The molecule has 1 atom stereocenters. The molecule has 1 amide bonds. The van der Waals surface area contributed by atoms with E-state index in [-0.39, 0.29) is 10.7 Å². The number of hydrogen-bond donors (Lipinski definition) is 1. The molecule has 4 aromatic rings. The molecule has 0 unspecified atom stereocenters. The summed E-state index contributed by atoms with van der Waals surface area (Å²) in [6.45, 7) is 3.67. The molecule has 1 fully saturated rings. The van der Waals surface area contributed by atoms with Crippen molar-refractivity contribution in [3.05, 3.63) is 47.1 Å². The summed E-state index contributed by atoms with van der Waals surface area (Å²) in [5.41, 5.74) is 1.94.